The van der Waals surface area contributed by atoms with Gasteiger partial charge in [-0.3, -0.25) is 4.99 Å². The third-order valence-corrected chi connectivity index (χ3v) is 2.91. The number of fused-ring (bicyclic) bond motifs is 1. The summed E-state index contributed by atoms with van der Waals surface area (Å²) in [5.74, 6) is 0.643. The summed E-state index contributed by atoms with van der Waals surface area (Å²) in [5.41, 5.74) is 9.38. The summed E-state index contributed by atoms with van der Waals surface area (Å²) in [6.07, 6.45) is 0. The Hall–Kier alpha value is -2.09. The molecule has 0 aromatic heterocycles. The number of benzene rings is 2. The topological polar surface area (TPSA) is 38.4 Å². The van der Waals surface area contributed by atoms with Gasteiger partial charge in [-0.25, -0.2) is 0 Å². The van der Waals surface area contributed by atoms with E-state index in [1.807, 2.05) is 36.4 Å². The number of amidine groups is 1. The van der Waals surface area contributed by atoms with Crippen LogP contribution in [-0.2, 0) is 0 Å². The van der Waals surface area contributed by atoms with Crippen LogP contribution in [0.2, 0.25) is 0 Å². The minimum absolute atomic E-state index is 0.0670. The van der Waals surface area contributed by atoms with E-state index in [1.165, 1.54) is 11.1 Å². The Bertz CT molecular complexity index is 544. The van der Waals surface area contributed by atoms with Crippen LogP contribution in [0.5, 0.6) is 0 Å². The highest BCUT2D eigenvalue weighted by atomic mass is 14.9. The number of nitrogens with zero attached hydrogens (tertiary/aromatic N) is 1. The van der Waals surface area contributed by atoms with Gasteiger partial charge in [0.05, 0.1) is 0 Å². The molecule has 1 aliphatic heterocycles. The summed E-state index contributed by atoms with van der Waals surface area (Å²) < 4.78 is 0. The monoisotopic (exact) mass is 208 g/mol. The fraction of sp³-hybridized carbons (Fsp3) is 0.0714. The first-order valence-corrected chi connectivity index (χ1v) is 5.34. The number of hydrogen-bond donors (Lipinski definition) is 1. The van der Waals surface area contributed by atoms with Crippen molar-refractivity contribution in [2.45, 2.75) is 6.04 Å². The molecular weight excluding hydrogens is 196 g/mol. The average Bonchev–Trinajstić information content (AvgIpc) is 2.69. The van der Waals surface area contributed by atoms with Crippen LogP contribution in [-0.4, -0.2) is 5.84 Å². The Balaban J connectivity index is 2.13. The Morgan fingerprint density at radius 2 is 1.56 bits per heavy atom. The molecule has 2 heteroatoms. The lowest BCUT2D eigenvalue weighted by Gasteiger charge is -2.08. The summed E-state index contributed by atoms with van der Waals surface area (Å²) in [5, 5.41) is 0. The van der Waals surface area contributed by atoms with Gasteiger partial charge in [-0.15, -0.1) is 0 Å². The van der Waals surface area contributed by atoms with E-state index in [1.54, 1.807) is 0 Å². The van der Waals surface area contributed by atoms with Crippen LogP contribution < -0.4 is 5.73 Å². The zero-order chi connectivity index (χ0) is 11.0. The van der Waals surface area contributed by atoms with E-state index in [4.69, 9.17) is 5.73 Å². The van der Waals surface area contributed by atoms with Gasteiger partial charge >= 0.3 is 0 Å². The number of nitrogens with two attached hydrogens (primary N) is 1. The van der Waals surface area contributed by atoms with Crippen molar-refractivity contribution in [2.24, 2.45) is 10.7 Å². The smallest absolute Gasteiger partial charge is 0.127 e. The molecule has 1 heterocycles. The van der Waals surface area contributed by atoms with Gasteiger partial charge in [0.25, 0.3) is 0 Å². The highest BCUT2D eigenvalue weighted by Crippen LogP contribution is 2.33. The Morgan fingerprint density at radius 3 is 2.38 bits per heavy atom. The van der Waals surface area contributed by atoms with Crippen molar-refractivity contribution in [3.8, 4) is 0 Å². The fourth-order valence-corrected chi connectivity index (χ4v) is 2.14. The predicted molar refractivity (Wildman–Crippen MR) is 65.5 cm³/mol. The number of rotatable bonds is 1. The molecule has 0 saturated heterocycles. The lowest BCUT2D eigenvalue weighted by molar-refractivity contribution is 0.896. The van der Waals surface area contributed by atoms with Crippen molar-refractivity contribution in [2.75, 3.05) is 0 Å². The molecule has 1 atom stereocenters. The second-order valence-electron chi connectivity index (χ2n) is 3.91. The van der Waals surface area contributed by atoms with Crippen LogP contribution in [0.1, 0.15) is 22.7 Å². The van der Waals surface area contributed by atoms with E-state index in [0.29, 0.717) is 5.84 Å². The van der Waals surface area contributed by atoms with E-state index in [2.05, 4.69) is 23.2 Å². The zero-order valence-electron chi connectivity index (χ0n) is 8.80. The van der Waals surface area contributed by atoms with Crippen molar-refractivity contribution in [3.63, 3.8) is 0 Å². The summed E-state index contributed by atoms with van der Waals surface area (Å²) in [4.78, 5) is 4.52. The minimum atomic E-state index is 0.0670. The van der Waals surface area contributed by atoms with E-state index >= 15 is 0 Å². The number of aliphatic imine (C=N–C) groups is 1. The molecule has 0 saturated carbocycles. The zero-order valence-corrected chi connectivity index (χ0v) is 8.80. The highest BCUT2D eigenvalue weighted by molar-refractivity contribution is 6.01. The molecule has 78 valence electrons. The summed E-state index contributed by atoms with van der Waals surface area (Å²) in [7, 11) is 0. The van der Waals surface area contributed by atoms with Crippen molar-refractivity contribution >= 4 is 5.84 Å². The SMILES string of the molecule is NC1=NC(c2ccccc2)c2ccccc21. The molecule has 2 N–H and O–H groups in total. The van der Waals surface area contributed by atoms with Crippen LogP contribution in [0.4, 0.5) is 0 Å². The Labute approximate surface area is 94.4 Å². The molecular formula is C14H12N2. The number of hydrogen-bond acceptors (Lipinski definition) is 2. The quantitative estimate of drug-likeness (QED) is 0.768. The summed E-state index contributed by atoms with van der Waals surface area (Å²) in [6, 6.07) is 18.5. The van der Waals surface area contributed by atoms with E-state index in [-0.39, 0.29) is 6.04 Å². The van der Waals surface area contributed by atoms with Gasteiger partial charge in [-0.2, -0.15) is 0 Å². The Kier molecular flexibility index (Phi) is 2.00. The molecule has 2 aromatic carbocycles. The normalized spacial score (nSPS) is 18.0. The van der Waals surface area contributed by atoms with Gasteiger partial charge < -0.3 is 5.73 Å². The highest BCUT2D eigenvalue weighted by Gasteiger charge is 2.23. The summed E-state index contributed by atoms with van der Waals surface area (Å²) >= 11 is 0. The maximum atomic E-state index is 5.92. The molecule has 0 radical (unpaired) electrons. The largest absolute Gasteiger partial charge is 0.383 e. The third-order valence-electron chi connectivity index (χ3n) is 2.91. The lowest BCUT2D eigenvalue weighted by atomic mass is 9.98. The molecule has 0 bridgehead atoms. The molecule has 16 heavy (non-hydrogen) atoms. The van der Waals surface area contributed by atoms with Gasteiger partial charge in [0, 0.05) is 5.56 Å². The average molecular weight is 208 g/mol. The molecule has 0 spiro atoms. The second-order valence-corrected chi connectivity index (χ2v) is 3.91. The predicted octanol–water partition coefficient (Wildman–Crippen LogP) is 2.49. The molecule has 2 aromatic rings. The van der Waals surface area contributed by atoms with Crippen molar-refractivity contribution in [1.82, 2.24) is 0 Å². The maximum Gasteiger partial charge on any atom is 0.127 e. The van der Waals surface area contributed by atoms with E-state index in [0.717, 1.165) is 5.56 Å². The van der Waals surface area contributed by atoms with Gasteiger partial charge in [-0.1, -0.05) is 54.6 Å². The standard InChI is InChI=1S/C14H12N2/c15-14-12-9-5-4-8-11(12)13(16-14)10-6-2-1-3-7-10/h1-9,13H,(H2,15,16). The Morgan fingerprint density at radius 1 is 0.875 bits per heavy atom. The van der Waals surface area contributed by atoms with Gasteiger partial charge in [0.1, 0.15) is 11.9 Å². The van der Waals surface area contributed by atoms with Crippen LogP contribution in [0, 0.1) is 0 Å². The first-order valence-electron chi connectivity index (χ1n) is 5.34. The molecule has 0 fully saturated rings. The molecule has 1 aliphatic rings. The van der Waals surface area contributed by atoms with Gasteiger partial charge in [0.2, 0.25) is 0 Å². The molecule has 0 aliphatic carbocycles. The van der Waals surface area contributed by atoms with Gasteiger partial charge in [-0.05, 0) is 11.1 Å². The minimum Gasteiger partial charge on any atom is -0.383 e. The van der Waals surface area contributed by atoms with E-state index < -0.39 is 0 Å². The van der Waals surface area contributed by atoms with Crippen LogP contribution in [0.25, 0.3) is 0 Å². The third kappa shape index (κ3) is 1.31. The first-order chi connectivity index (χ1) is 7.86. The maximum absolute atomic E-state index is 5.92. The van der Waals surface area contributed by atoms with Crippen molar-refractivity contribution < 1.29 is 0 Å². The van der Waals surface area contributed by atoms with Crippen molar-refractivity contribution in [1.29, 1.82) is 0 Å². The van der Waals surface area contributed by atoms with E-state index in [9.17, 15) is 0 Å². The van der Waals surface area contributed by atoms with Crippen LogP contribution in [0.15, 0.2) is 59.6 Å². The molecule has 0 amide bonds. The molecule has 1 unspecified atom stereocenters. The second kappa shape index (κ2) is 3.49. The lowest BCUT2D eigenvalue weighted by Crippen LogP contribution is -2.09. The molecule has 3 rings (SSSR count). The van der Waals surface area contributed by atoms with Crippen LogP contribution >= 0.6 is 0 Å². The molecule has 2 nitrogen and oxygen atoms in total. The van der Waals surface area contributed by atoms with Crippen molar-refractivity contribution in [3.05, 3.63) is 71.3 Å². The fourth-order valence-electron chi connectivity index (χ4n) is 2.14. The van der Waals surface area contributed by atoms with Crippen LogP contribution in [0.3, 0.4) is 0 Å². The summed E-state index contributed by atoms with van der Waals surface area (Å²) in [6.45, 7) is 0. The van der Waals surface area contributed by atoms with Gasteiger partial charge in [0.15, 0.2) is 0 Å². The first kappa shape index (κ1) is 9.16.